The Kier molecular flexibility index (Phi) is 13.5. The fraction of sp³-hybridized carbons (Fsp3) is 0.875. The predicted molar refractivity (Wildman–Crippen MR) is 108 cm³/mol. The molecule has 0 saturated carbocycles. The Labute approximate surface area is 158 Å². The number of rotatable bonds is 8. The van der Waals surface area contributed by atoms with Crippen LogP contribution in [0.5, 0.6) is 0 Å². The van der Waals surface area contributed by atoms with Gasteiger partial charge in [0, 0.05) is 19.6 Å². The Hall–Kier alpha value is -0.570. The van der Waals surface area contributed by atoms with Crippen molar-refractivity contribution in [1.29, 1.82) is 0 Å². The van der Waals surface area contributed by atoms with Crippen LogP contribution in [0.15, 0.2) is 4.99 Å². The zero-order valence-electron chi connectivity index (χ0n) is 14.9. The molecule has 3 N–H and O–H groups in total. The van der Waals surface area contributed by atoms with Gasteiger partial charge in [0.25, 0.3) is 0 Å². The molecule has 0 aromatic carbocycles. The van der Waals surface area contributed by atoms with E-state index >= 15 is 0 Å². The second-order valence-corrected chi connectivity index (χ2v) is 5.95. The molecule has 1 amide bonds. The first-order chi connectivity index (χ1) is 10.7. The Morgan fingerprint density at radius 1 is 1.13 bits per heavy atom. The first-order valence-electron chi connectivity index (χ1n) is 8.66. The second-order valence-electron chi connectivity index (χ2n) is 5.95. The zero-order chi connectivity index (χ0) is 16.2. The van der Waals surface area contributed by atoms with Crippen molar-refractivity contribution in [3.05, 3.63) is 0 Å². The molecule has 1 rings (SSSR count). The molecule has 0 spiro atoms. The number of hydrogen-bond acceptors (Lipinski definition) is 3. The van der Waals surface area contributed by atoms with Crippen LogP contribution in [-0.2, 0) is 4.79 Å². The van der Waals surface area contributed by atoms with E-state index in [0.29, 0.717) is 6.54 Å². The van der Waals surface area contributed by atoms with Crippen molar-refractivity contribution in [2.45, 2.75) is 40.0 Å². The van der Waals surface area contributed by atoms with Gasteiger partial charge in [-0.25, -0.2) is 4.99 Å². The predicted octanol–water partition coefficient (Wildman–Crippen LogP) is 1.42. The minimum absolute atomic E-state index is 0. The molecule has 0 unspecified atom stereocenters. The van der Waals surface area contributed by atoms with Crippen molar-refractivity contribution in [3.8, 4) is 0 Å². The smallest absolute Gasteiger partial charge is 0.241 e. The highest BCUT2D eigenvalue weighted by atomic mass is 127. The van der Waals surface area contributed by atoms with Gasteiger partial charge in [-0.3, -0.25) is 4.79 Å². The number of nitrogens with zero attached hydrogens (tertiary/aromatic N) is 2. The lowest BCUT2D eigenvalue weighted by atomic mass is 9.99. The van der Waals surface area contributed by atoms with Crippen molar-refractivity contribution in [2.24, 2.45) is 10.9 Å². The van der Waals surface area contributed by atoms with Gasteiger partial charge >= 0.3 is 0 Å². The average molecular weight is 439 g/mol. The molecule has 7 heteroatoms. The van der Waals surface area contributed by atoms with Crippen LogP contribution in [0.3, 0.4) is 0 Å². The number of likely N-dealkylation sites (tertiary alicyclic amines) is 1. The summed E-state index contributed by atoms with van der Waals surface area (Å²) >= 11 is 0. The number of piperidine rings is 1. The van der Waals surface area contributed by atoms with Crippen molar-refractivity contribution in [1.82, 2.24) is 20.9 Å². The largest absolute Gasteiger partial charge is 0.357 e. The molecule has 1 saturated heterocycles. The van der Waals surface area contributed by atoms with Gasteiger partial charge in [-0.2, -0.15) is 0 Å². The summed E-state index contributed by atoms with van der Waals surface area (Å²) in [6.45, 7) is 12.4. The van der Waals surface area contributed by atoms with Crippen LogP contribution in [0.4, 0.5) is 0 Å². The van der Waals surface area contributed by atoms with Crippen LogP contribution >= 0.6 is 24.0 Å². The summed E-state index contributed by atoms with van der Waals surface area (Å²) in [5.74, 6) is 1.57. The molecule has 0 bridgehead atoms. The van der Waals surface area contributed by atoms with Crippen LogP contribution in [-0.4, -0.2) is 62.6 Å². The number of nitrogens with one attached hydrogen (secondary N) is 3. The van der Waals surface area contributed by atoms with Gasteiger partial charge in [0.15, 0.2) is 5.96 Å². The Morgan fingerprint density at radius 2 is 1.78 bits per heavy atom. The van der Waals surface area contributed by atoms with Crippen LogP contribution in [0.25, 0.3) is 0 Å². The summed E-state index contributed by atoms with van der Waals surface area (Å²) in [6.07, 6.45) is 3.74. The van der Waals surface area contributed by atoms with Gasteiger partial charge in [0.05, 0.1) is 0 Å². The van der Waals surface area contributed by atoms with Crippen molar-refractivity contribution < 1.29 is 4.79 Å². The van der Waals surface area contributed by atoms with Crippen LogP contribution < -0.4 is 16.0 Å². The maximum atomic E-state index is 11.4. The quantitative estimate of drug-likeness (QED) is 0.232. The van der Waals surface area contributed by atoms with E-state index in [1.54, 1.807) is 0 Å². The lowest BCUT2D eigenvalue weighted by Gasteiger charge is -2.30. The van der Waals surface area contributed by atoms with Gasteiger partial charge < -0.3 is 20.9 Å². The number of guanidine groups is 1. The van der Waals surface area contributed by atoms with E-state index in [9.17, 15) is 4.79 Å². The normalized spacial score (nSPS) is 16.6. The van der Waals surface area contributed by atoms with Gasteiger partial charge in [-0.1, -0.05) is 6.92 Å². The minimum Gasteiger partial charge on any atom is -0.357 e. The third kappa shape index (κ3) is 10.8. The van der Waals surface area contributed by atoms with Crippen molar-refractivity contribution in [2.75, 3.05) is 45.8 Å². The van der Waals surface area contributed by atoms with Crippen molar-refractivity contribution >= 4 is 35.8 Å². The molecule has 1 fully saturated rings. The van der Waals surface area contributed by atoms with Gasteiger partial charge in [0.2, 0.25) is 5.91 Å². The molecule has 0 aromatic heterocycles. The van der Waals surface area contributed by atoms with Gasteiger partial charge in [0.1, 0.15) is 6.54 Å². The van der Waals surface area contributed by atoms with Crippen molar-refractivity contribution in [3.63, 3.8) is 0 Å². The first kappa shape index (κ1) is 22.4. The highest BCUT2D eigenvalue weighted by Gasteiger charge is 2.14. The summed E-state index contributed by atoms with van der Waals surface area (Å²) in [7, 11) is 0. The zero-order valence-corrected chi connectivity index (χ0v) is 17.2. The maximum Gasteiger partial charge on any atom is 0.241 e. The number of carbonyl (C=O) groups is 1. The number of hydrogen-bond donors (Lipinski definition) is 3. The molecule has 0 aliphatic carbocycles. The van der Waals surface area contributed by atoms with Crippen LogP contribution in [0.2, 0.25) is 0 Å². The number of halogens is 1. The number of amides is 1. The van der Waals surface area contributed by atoms with E-state index < -0.39 is 0 Å². The highest BCUT2D eigenvalue weighted by Crippen LogP contribution is 2.15. The number of carbonyl (C=O) groups excluding carboxylic acids is 1. The molecule has 1 aliphatic rings. The average Bonchev–Trinajstić information content (AvgIpc) is 2.51. The number of aliphatic imine (C=N–C) groups is 1. The summed E-state index contributed by atoms with van der Waals surface area (Å²) < 4.78 is 0. The van der Waals surface area contributed by atoms with Gasteiger partial charge in [-0.05, 0) is 58.7 Å². The van der Waals surface area contributed by atoms with E-state index in [4.69, 9.17) is 0 Å². The highest BCUT2D eigenvalue weighted by molar-refractivity contribution is 14.0. The summed E-state index contributed by atoms with van der Waals surface area (Å²) in [5, 5.41) is 9.22. The van der Waals surface area contributed by atoms with Gasteiger partial charge in [-0.15, -0.1) is 24.0 Å². The fourth-order valence-corrected chi connectivity index (χ4v) is 2.54. The lowest BCUT2D eigenvalue weighted by Crippen LogP contribution is -2.40. The number of likely N-dealkylation sites (N-methyl/N-ethyl adjacent to an activating group) is 1. The molecule has 1 aliphatic heterocycles. The maximum absolute atomic E-state index is 11.4. The molecule has 0 radical (unpaired) electrons. The molecule has 23 heavy (non-hydrogen) atoms. The Bertz CT molecular complexity index is 343. The SMILES string of the molecule is CCNC(=O)CN=C(NCC)NCCCN1CCC(C)CC1.I. The topological polar surface area (TPSA) is 68.8 Å². The monoisotopic (exact) mass is 439 g/mol. The summed E-state index contributed by atoms with van der Waals surface area (Å²) in [5.41, 5.74) is 0. The second kappa shape index (κ2) is 13.8. The molecule has 136 valence electrons. The lowest BCUT2D eigenvalue weighted by molar-refractivity contribution is -0.119. The third-order valence-corrected chi connectivity index (χ3v) is 3.92. The van der Waals surface area contributed by atoms with E-state index in [1.165, 1.54) is 25.9 Å². The Balaban J connectivity index is 0.00000484. The van der Waals surface area contributed by atoms with Crippen LogP contribution in [0.1, 0.15) is 40.0 Å². The Morgan fingerprint density at radius 3 is 2.39 bits per heavy atom. The molecule has 0 atom stereocenters. The van der Waals surface area contributed by atoms with Crippen LogP contribution in [0, 0.1) is 5.92 Å². The summed E-state index contributed by atoms with van der Waals surface area (Å²) in [6, 6.07) is 0. The fourth-order valence-electron chi connectivity index (χ4n) is 2.54. The van der Waals surface area contributed by atoms with E-state index in [0.717, 1.165) is 37.9 Å². The molecule has 0 aromatic rings. The summed E-state index contributed by atoms with van der Waals surface area (Å²) in [4.78, 5) is 18.3. The molecule has 6 nitrogen and oxygen atoms in total. The minimum atomic E-state index is -0.0397. The van der Waals surface area contributed by atoms with E-state index in [1.807, 2.05) is 13.8 Å². The molecular formula is C16H34IN5O. The van der Waals surface area contributed by atoms with E-state index in [2.05, 4.69) is 32.8 Å². The molecular weight excluding hydrogens is 405 g/mol. The van der Waals surface area contributed by atoms with E-state index in [-0.39, 0.29) is 36.4 Å². The third-order valence-electron chi connectivity index (χ3n) is 3.92. The first-order valence-corrected chi connectivity index (χ1v) is 8.66. The molecule has 1 heterocycles. The standard InChI is InChI=1S/C16H33N5O.HI/c1-4-17-15(22)13-20-16(18-5-2)19-9-6-10-21-11-7-14(3)8-12-21;/h14H,4-13H2,1-3H3,(H,17,22)(H2,18,19,20);1H.